The Labute approximate surface area is 278 Å². The summed E-state index contributed by atoms with van der Waals surface area (Å²) in [6.07, 6.45) is 0.216. The number of hydrogen-bond donors (Lipinski definition) is 1. The van der Waals surface area contributed by atoms with E-state index < -0.39 is 28.5 Å². The van der Waals surface area contributed by atoms with Gasteiger partial charge in [0.1, 0.15) is 24.1 Å². The van der Waals surface area contributed by atoms with Crippen molar-refractivity contribution in [2.75, 3.05) is 25.1 Å². The average Bonchev–Trinajstić information content (AvgIpc) is 3.05. The molecular formula is C37H43N3O6S. The summed E-state index contributed by atoms with van der Waals surface area (Å²) >= 11 is 0. The van der Waals surface area contributed by atoms with Crippen LogP contribution in [0.3, 0.4) is 0 Å². The Balaban J connectivity index is 1.86. The highest BCUT2D eigenvalue weighted by atomic mass is 32.2. The molecule has 0 saturated heterocycles. The van der Waals surface area contributed by atoms with Crippen molar-refractivity contribution < 1.29 is 27.5 Å². The molecule has 9 nitrogen and oxygen atoms in total. The lowest BCUT2D eigenvalue weighted by atomic mass is 10.0. The number of sulfonamides is 1. The molecule has 0 aliphatic rings. The van der Waals surface area contributed by atoms with E-state index in [9.17, 15) is 18.0 Å². The molecule has 0 spiro atoms. The number of anilines is 1. The summed E-state index contributed by atoms with van der Waals surface area (Å²) in [7, 11) is -1.26. The summed E-state index contributed by atoms with van der Waals surface area (Å²) in [6, 6.07) is 27.1. The van der Waals surface area contributed by atoms with Crippen molar-refractivity contribution in [1.82, 2.24) is 10.2 Å². The topological polar surface area (TPSA) is 105 Å². The maximum absolute atomic E-state index is 14.7. The molecule has 4 rings (SSSR count). The van der Waals surface area contributed by atoms with Gasteiger partial charge in [-0.25, -0.2) is 8.42 Å². The van der Waals surface area contributed by atoms with E-state index >= 15 is 0 Å². The van der Waals surface area contributed by atoms with E-state index in [-0.39, 0.29) is 41.2 Å². The number of aryl methyl sites for hydroxylation is 2. The summed E-state index contributed by atoms with van der Waals surface area (Å²) in [5, 5.41) is 2.97. The van der Waals surface area contributed by atoms with Crippen molar-refractivity contribution in [1.29, 1.82) is 0 Å². The second-order valence-corrected chi connectivity index (χ2v) is 13.6. The van der Waals surface area contributed by atoms with Gasteiger partial charge >= 0.3 is 0 Å². The minimum absolute atomic E-state index is 0.0252. The molecule has 0 heterocycles. The SMILES string of the molecule is COc1cccc(CN(C(=O)CN(c2cc(C)ccc2OC)S(=O)(=O)c2ccc(C)cc2)[C@H](Cc2ccccc2)C(=O)NC(C)C)c1. The van der Waals surface area contributed by atoms with E-state index in [1.54, 1.807) is 43.5 Å². The molecule has 0 radical (unpaired) electrons. The summed E-state index contributed by atoms with van der Waals surface area (Å²) < 4.78 is 40.8. The van der Waals surface area contributed by atoms with Crippen LogP contribution in [-0.4, -0.2) is 58.0 Å². The third kappa shape index (κ3) is 8.92. The molecular weight excluding hydrogens is 614 g/mol. The zero-order chi connectivity index (χ0) is 34.1. The van der Waals surface area contributed by atoms with Gasteiger partial charge in [-0.2, -0.15) is 0 Å². The lowest BCUT2D eigenvalue weighted by Crippen LogP contribution is -2.54. The van der Waals surface area contributed by atoms with Crippen LogP contribution in [-0.2, 0) is 32.6 Å². The highest BCUT2D eigenvalue weighted by Gasteiger charge is 2.36. The smallest absolute Gasteiger partial charge is 0.264 e. The van der Waals surface area contributed by atoms with Crippen LogP contribution in [0.15, 0.2) is 102 Å². The predicted molar refractivity (Wildman–Crippen MR) is 184 cm³/mol. The number of nitrogens with zero attached hydrogens (tertiary/aromatic N) is 2. The number of amides is 2. The maximum Gasteiger partial charge on any atom is 0.264 e. The molecule has 4 aromatic carbocycles. The van der Waals surface area contributed by atoms with Gasteiger partial charge in [0.25, 0.3) is 10.0 Å². The van der Waals surface area contributed by atoms with Crippen LogP contribution in [0.25, 0.3) is 0 Å². The van der Waals surface area contributed by atoms with E-state index in [0.29, 0.717) is 11.3 Å². The minimum Gasteiger partial charge on any atom is -0.497 e. The summed E-state index contributed by atoms with van der Waals surface area (Å²) in [6.45, 7) is 6.86. The third-order valence-corrected chi connectivity index (χ3v) is 9.45. The third-order valence-electron chi connectivity index (χ3n) is 7.68. The van der Waals surface area contributed by atoms with E-state index in [1.807, 2.05) is 76.2 Å². The Morgan fingerprint density at radius 1 is 0.787 bits per heavy atom. The quantitative estimate of drug-likeness (QED) is 0.187. The molecule has 0 bridgehead atoms. The van der Waals surface area contributed by atoms with Crippen LogP contribution in [0.1, 0.15) is 36.1 Å². The largest absolute Gasteiger partial charge is 0.497 e. The minimum atomic E-state index is -4.27. The van der Waals surface area contributed by atoms with Gasteiger partial charge in [0.15, 0.2) is 0 Å². The Bertz CT molecular complexity index is 1780. The normalized spacial score (nSPS) is 11.9. The second kappa shape index (κ2) is 15.6. The van der Waals surface area contributed by atoms with Crippen molar-refractivity contribution in [2.45, 2.75) is 57.6 Å². The van der Waals surface area contributed by atoms with Gasteiger partial charge in [-0.05, 0) is 80.8 Å². The number of hydrogen-bond acceptors (Lipinski definition) is 6. The first-order chi connectivity index (χ1) is 22.4. The van der Waals surface area contributed by atoms with Crippen molar-refractivity contribution >= 4 is 27.5 Å². The van der Waals surface area contributed by atoms with Gasteiger partial charge in [-0.15, -0.1) is 0 Å². The maximum atomic E-state index is 14.7. The van der Waals surface area contributed by atoms with E-state index in [2.05, 4.69) is 5.32 Å². The van der Waals surface area contributed by atoms with Gasteiger partial charge in [0.2, 0.25) is 11.8 Å². The molecule has 1 atom stereocenters. The summed E-state index contributed by atoms with van der Waals surface area (Å²) in [5.74, 6) is -0.0286. The highest BCUT2D eigenvalue weighted by molar-refractivity contribution is 7.92. The number of carbonyl (C=O) groups is 2. The van der Waals surface area contributed by atoms with E-state index in [1.165, 1.54) is 24.1 Å². The monoisotopic (exact) mass is 657 g/mol. The number of ether oxygens (including phenoxy) is 2. The molecule has 1 N–H and O–H groups in total. The highest BCUT2D eigenvalue weighted by Crippen LogP contribution is 2.34. The first kappa shape index (κ1) is 35.0. The Morgan fingerprint density at radius 3 is 2.09 bits per heavy atom. The fourth-order valence-corrected chi connectivity index (χ4v) is 6.66. The average molecular weight is 658 g/mol. The van der Waals surface area contributed by atoms with Gasteiger partial charge in [-0.3, -0.25) is 13.9 Å². The van der Waals surface area contributed by atoms with Crippen LogP contribution < -0.4 is 19.1 Å². The molecule has 10 heteroatoms. The summed E-state index contributed by atoms with van der Waals surface area (Å²) in [4.78, 5) is 30.1. The number of methoxy groups -OCH3 is 2. The lowest BCUT2D eigenvalue weighted by molar-refractivity contribution is -0.140. The zero-order valence-electron chi connectivity index (χ0n) is 27.8. The predicted octanol–water partition coefficient (Wildman–Crippen LogP) is 5.68. The molecule has 0 aliphatic heterocycles. The molecule has 0 aliphatic carbocycles. The van der Waals surface area contributed by atoms with Gasteiger partial charge in [0, 0.05) is 19.0 Å². The first-order valence-electron chi connectivity index (χ1n) is 15.4. The molecule has 4 aromatic rings. The van der Waals surface area contributed by atoms with E-state index in [0.717, 1.165) is 21.0 Å². The fraction of sp³-hybridized carbons (Fsp3) is 0.297. The molecule has 0 fully saturated rings. The number of rotatable bonds is 14. The second-order valence-electron chi connectivity index (χ2n) is 11.7. The Kier molecular flexibility index (Phi) is 11.7. The summed E-state index contributed by atoms with van der Waals surface area (Å²) in [5.41, 5.74) is 3.46. The van der Waals surface area contributed by atoms with Gasteiger partial charge in [-0.1, -0.05) is 66.2 Å². The Hall–Kier alpha value is -4.83. The molecule has 2 amide bonds. The van der Waals surface area contributed by atoms with Crippen molar-refractivity contribution in [3.8, 4) is 11.5 Å². The van der Waals surface area contributed by atoms with Crippen LogP contribution in [0.4, 0.5) is 5.69 Å². The Morgan fingerprint density at radius 2 is 1.45 bits per heavy atom. The van der Waals surface area contributed by atoms with Gasteiger partial charge in [0.05, 0.1) is 24.8 Å². The number of benzene rings is 4. The van der Waals surface area contributed by atoms with E-state index in [4.69, 9.17) is 9.47 Å². The molecule has 248 valence electrons. The molecule has 47 heavy (non-hydrogen) atoms. The number of nitrogens with one attached hydrogen (secondary N) is 1. The first-order valence-corrected chi connectivity index (χ1v) is 16.9. The van der Waals surface area contributed by atoms with Crippen molar-refractivity contribution in [2.24, 2.45) is 0 Å². The lowest BCUT2D eigenvalue weighted by Gasteiger charge is -2.34. The molecule has 0 aromatic heterocycles. The van der Waals surface area contributed by atoms with Crippen LogP contribution in [0.5, 0.6) is 11.5 Å². The van der Waals surface area contributed by atoms with Crippen molar-refractivity contribution in [3.05, 3.63) is 119 Å². The zero-order valence-corrected chi connectivity index (χ0v) is 28.6. The van der Waals surface area contributed by atoms with Gasteiger partial charge < -0.3 is 19.7 Å². The van der Waals surface area contributed by atoms with Crippen molar-refractivity contribution in [3.63, 3.8) is 0 Å². The molecule has 0 saturated carbocycles. The molecule has 0 unspecified atom stereocenters. The standard InChI is InChI=1S/C37H43N3O6S/c1-26(2)38-37(42)34(23-29-11-8-7-9-12-29)39(24-30-13-10-14-31(22-30)45-5)36(41)25-40(33-21-28(4)17-20-35(33)46-6)47(43,44)32-18-15-27(3)16-19-32/h7-22,26,34H,23-25H2,1-6H3,(H,38,42)/t34-/m1/s1. The van der Waals surface area contributed by atoms with Crippen LogP contribution in [0.2, 0.25) is 0 Å². The van der Waals surface area contributed by atoms with Crippen LogP contribution in [0, 0.1) is 13.8 Å². The fourth-order valence-electron chi connectivity index (χ4n) is 5.25. The van der Waals surface area contributed by atoms with Crippen LogP contribution >= 0.6 is 0 Å². The number of carbonyl (C=O) groups excluding carboxylic acids is 2.